The van der Waals surface area contributed by atoms with Gasteiger partial charge in [0.1, 0.15) is 5.76 Å². The van der Waals surface area contributed by atoms with Crippen LogP contribution in [0.5, 0.6) is 0 Å². The Morgan fingerprint density at radius 2 is 2.41 bits per heavy atom. The van der Waals surface area contributed by atoms with Gasteiger partial charge in [-0.25, -0.2) is 0 Å². The lowest BCUT2D eigenvalue weighted by atomic mass is 10.2. The third kappa shape index (κ3) is 3.60. The summed E-state index contributed by atoms with van der Waals surface area (Å²) < 4.78 is 5.33. The van der Waals surface area contributed by atoms with Crippen LogP contribution in [0.1, 0.15) is 31.6 Å². The first-order valence-electron chi connectivity index (χ1n) is 6.17. The number of furan rings is 1. The number of amides is 1. The van der Waals surface area contributed by atoms with Gasteiger partial charge in [-0.3, -0.25) is 9.69 Å². The number of likely N-dealkylation sites (N-methyl/N-ethyl adjacent to an activating group) is 1. The molecular weight excluding hydrogens is 216 g/mol. The zero-order valence-electron chi connectivity index (χ0n) is 10.5. The summed E-state index contributed by atoms with van der Waals surface area (Å²) in [6, 6.07) is 3.92. The molecule has 94 valence electrons. The maximum Gasteiger partial charge on any atom is 0.234 e. The highest BCUT2D eigenvalue weighted by molar-refractivity contribution is 5.78. The summed E-state index contributed by atoms with van der Waals surface area (Å²) in [5.41, 5.74) is 0. The maximum absolute atomic E-state index is 11.7. The lowest BCUT2D eigenvalue weighted by molar-refractivity contribution is -0.122. The largest absolute Gasteiger partial charge is 0.468 e. The standard InChI is InChI=1S/C13H20N2O2/c1-10(12-4-3-7-17-12)15(2)9-13(16)14-8-11-5-6-11/h3-4,7,10-11H,5-6,8-9H2,1-2H3,(H,14,16). The zero-order chi connectivity index (χ0) is 12.3. The van der Waals surface area contributed by atoms with E-state index in [0.29, 0.717) is 6.54 Å². The van der Waals surface area contributed by atoms with Crippen molar-refractivity contribution in [3.8, 4) is 0 Å². The fraction of sp³-hybridized carbons (Fsp3) is 0.615. The molecule has 1 N–H and O–H groups in total. The molecule has 0 radical (unpaired) electrons. The minimum absolute atomic E-state index is 0.0952. The average molecular weight is 236 g/mol. The maximum atomic E-state index is 11.7. The van der Waals surface area contributed by atoms with Gasteiger partial charge < -0.3 is 9.73 Å². The van der Waals surface area contributed by atoms with Crippen molar-refractivity contribution in [2.45, 2.75) is 25.8 Å². The van der Waals surface area contributed by atoms with E-state index in [4.69, 9.17) is 4.42 Å². The smallest absolute Gasteiger partial charge is 0.234 e. The third-order valence-electron chi connectivity index (χ3n) is 3.29. The Bertz CT molecular complexity index is 358. The van der Waals surface area contributed by atoms with Gasteiger partial charge in [-0.05, 0) is 44.9 Å². The number of hydrogen-bond donors (Lipinski definition) is 1. The lowest BCUT2D eigenvalue weighted by Gasteiger charge is -2.22. The van der Waals surface area contributed by atoms with Crippen molar-refractivity contribution < 1.29 is 9.21 Å². The molecule has 2 rings (SSSR count). The molecule has 1 heterocycles. The van der Waals surface area contributed by atoms with Crippen molar-refractivity contribution in [3.63, 3.8) is 0 Å². The van der Waals surface area contributed by atoms with Gasteiger partial charge in [-0.1, -0.05) is 0 Å². The van der Waals surface area contributed by atoms with Gasteiger partial charge in [0.2, 0.25) is 5.91 Å². The summed E-state index contributed by atoms with van der Waals surface area (Å²) >= 11 is 0. The Morgan fingerprint density at radius 1 is 1.65 bits per heavy atom. The summed E-state index contributed by atoms with van der Waals surface area (Å²) in [5.74, 6) is 1.71. The van der Waals surface area contributed by atoms with E-state index in [1.54, 1.807) is 6.26 Å². The van der Waals surface area contributed by atoms with E-state index >= 15 is 0 Å². The highest BCUT2D eigenvalue weighted by Crippen LogP contribution is 2.27. The van der Waals surface area contributed by atoms with Gasteiger partial charge >= 0.3 is 0 Å². The van der Waals surface area contributed by atoms with E-state index < -0.39 is 0 Å². The first-order valence-corrected chi connectivity index (χ1v) is 6.17. The molecule has 1 aromatic rings. The predicted octanol–water partition coefficient (Wildman–Crippen LogP) is 1.80. The molecule has 1 saturated carbocycles. The van der Waals surface area contributed by atoms with Crippen LogP contribution in [-0.4, -0.2) is 30.9 Å². The molecule has 4 heteroatoms. The van der Waals surface area contributed by atoms with Crippen LogP contribution in [0.15, 0.2) is 22.8 Å². The van der Waals surface area contributed by atoms with E-state index in [1.807, 2.05) is 31.0 Å². The Hall–Kier alpha value is -1.29. The molecular formula is C13H20N2O2. The zero-order valence-corrected chi connectivity index (χ0v) is 10.5. The number of nitrogens with one attached hydrogen (secondary N) is 1. The van der Waals surface area contributed by atoms with Crippen molar-refractivity contribution >= 4 is 5.91 Å². The molecule has 4 nitrogen and oxygen atoms in total. The van der Waals surface area contributed by atoms with Crippen molar-refractivity contribution in [1.82, 2.24) is 10.2 Å². The molecule has 1 aromatic heterocycles. The topological polar surface area (TPSA) is 45.5 Å². The molecule has 0 spiro atoms. The Labute approximate surface area is 102 Å². The van der Waals surface area contributed by atoms with Gasteiger partial charge in [-0.2, -0.15) is 0 Å². The first-order chi connectivity index (χ1) is 8.16. The molecule has 17 heavy (non-hydrogen) atoms. The van der Waals surface area contributed by atoms with Gasteiger partial charge in [0.15, 0.2) is 0 Å². The number of rotatable bonds is 6. The van der Waals surface area contributed by atoms with Crippen LogP contribution in [0.3, 0.4) is 0 Å². The quantitative estimate of drug-likeness (QED) is 0.819. The minimum Gasteiger partial charge on any atom is -0.468 e. The second-order valence-electron chi connectivity index (χ2n) is 4.85. The molecule has 1 atom stereocenters. The molecule has 1 fully saturated rings. The summed E-state index contributed by atoms with van der Waals surface area (Å²) in [4.78, 5) is 13.7. The number of carbonyl (C=O) groups excluding carboxylic acids is 1. The van der Waals surface area contributed by atoms with E-state index in [0.717, 1.165) is 18.2 Å². The monoisotopic (exact) mass is 236 g/mol. The first kappa shape index (κ1) is 12.2. The summed E-state index contributed by atoms with van der Waals surface area (Å²) in [7, 11) is 1.93. The fourth-order valence-corrected chi connectivity index (χ4v) is 1.75. The second kappa shape index (κ2) is 5.36. The van der Waals surface area contributed by atoms with Gasteiger partial charge in [0, 0.05) is 6.54 Å². The van der Waals surface area contributed by atoms with Crippen molar-refractivity contribution in [3.05, 3.63) is 24.2 Å². The van der Waals surface area contributed by atoms with E-state index in [9.17, 15) is 4.79 Å². The minimum atomic E-state index is 0.0952. The number of hydrogen-bond acceptors (Lipinski definition) is 3. The Balaban J connectivity index is 1.75. The molecule has 0 aromatic carbocycles. The van der Waals surface area contributed by atoms with Crippen molar-refractivity contribution in [2.75, 3.05) is 20.1 Å². The van der Waals surface area contributed by atoms with E-state index in [2.05, 4.69) is 5.32 Å². The molecule has 1 unspecified atom stereocenters. The third-order valence-corrected chi connectivity index (χ3v) is 3.29. The Kier molecular flexibility index (Phi) is 3.84. The van der Waals surface area contributed by atoms with Gasteiger partial charge in [0.25, 0.3) is 0 Å². The fourth-order valence-electron chi connectivity index (χ4n) is 1.75. The summed E-state index contributed by atoms with van der Waals surface area (Å²) in [5, 5.41) is 2.96. The van der Waals surface area contributed by atoms with Crippen LogP contribution < -0.4 is 5.32 Å². The van der Waals surface area contributed by atoms with Crippen LogP contribution in [-0.2, 0) is 4.79 Å². The van der Waals surface area contributed by atoms with E-state index in [1.165, 1.54) is 12.8 Å². The van der Waals surface area contributed by atoms with Crippen LogP contribution in [0.4, 0.5) is 0 Å². The predicted molar refractivity (Wildman–Crippen MR) is 65.5 cm³/mol. The van der Waals surface area contributed by atoms with Crippen LogP contribution in [0.2, 0.25) is 0 Å². The van der Waals surface area contributed by atoms with Crippen molar-refractivity contribution in [1.29, 1.82) is 0 Å². The Morgan fingerprint density at radius 3 is 3.00 bits per heavy atom. The highest BCUT2D eigenvalue weighted by Gasteiger charge is 2.22. The van der Waals surface area contributed by atoms with Crippen LogP contribution >= 0.6 is 0 Å². The highest BCUT2D eigenvalue weighted by atomic mass is 16.3. The molecule has 1 aliphatic rings. The summed E-state index contributed by atoms with van der Waals surface area (Å²) in [6.07, 6.45) is 4.19. The summed E-state index contributed by atoms with van der Waals surface area (Å²) in [6.45, 7) is 3.28. The van der Waals surface area contributed by atoms with Crippen LogP contribution in [0, 0.1) is 5.92 Å². The van der Waals surface area contributed by atoms with Crippen molar-refractivity contribution in [2.24, 2.45) is 5.92 Å². The van der Waals surface area contributed by atoms with Crippen LogP contribution in [0.25, 0.3) is 0 Å². The number of carbonyl (C=O) groups is 1. The molecule has 1 amide bonds. The number of nitrogens with zero attached hydrogens (tertiary/aromatic N) is 1. The molecule has 1 aliphatic carbocycles. The lowest BCUT2D eigenvalue weighted by Crippen LogP contribution is -2.37. The SMILES string of the molecule is CC(c1ccco1)N(C)CC(=O)NCC1CC1. The van der Waals surface area contributed by atoms with Gasteiger partial charge in [-0.15, -0.1) is 0 Å². The second-order valence-corrected chi connectivity index (χ2v) is 4.85. The molecule has 0 bridgehead atoms. The van der Waals surface area contributed by atoms with Gasteiger partial charge in [0.05, 0.1) is 18.8 Å². The molecule has 0 aliphatic heterocycles. The normalized spacial score (nSPS) is 17.1. The molecule has 0 saturated heterocycles. The average Bonchev–Trinajstić information content (AvgIpc) is 2.98. The van der Waals surface area contributed by atoms with E-state index in [-0.39, 0.29) is 11.9 Å².